The van der Waals surface area contributed by atoms with Crippen LogP contribution in [-0.2, 0) is 25.6 Å². The maximum atomic E-state index is 13.3. The number of fused-ring (bicyclic) bond motifs is 7. The second kappa shape index (κ2) is 15.6. The molecule has 0 N–H and O–H groups in total. The molecule has 1 aromatic rings. The molecule has 6 heteroatoms. The largest absolute Gasteiger partial charge is 0.465 e. The number of carbonyl (C=O) groups excluding carboxylic acids is 2. The summed E-state index contributed by atoms with van der Waals surface area (Å²) in [6, 6.07) is 6.10. The molecule has 7 rings (SSSR count). The number of rotatable bonds is 12. The summed E-state index contributed by atoms with van der Waals surface area (Å²) < 4.78 is 17.1. The highest BCUT2D eigenvalue weighted by molar-refractivity contribution is 5.70. The van der Waals surface area contributed by atoms with Crippen molar-refractivity contribution in [1.29, 1.82) is 0 Å². The van der Waals surface area contributed by atoms with E-state index in [1.165, 1.54) is 44.1 Å². The zero-order valence-corrected chi connectivity index (χ0v) is 34.7. The molecule has 6 aliphatic rings. The van der Waals surface area contributed by atoms with Gasteiger partial charge in [-0.2, -0.15) is 0 Å². The Balaban J connectivity index is 1.05. The summed E-state index contributed by atoms with van der Waals surface area (Å²) in [5, 5.41) is 0. The summed E-state index contributed by atoms with van der Waals surface area (Å²) in [4.78, 5) is 26.4. The molecule has 296 valence electrons. The second-order valence-corrected chi connectivity index (χ2v) is 20.1. The molecular formula is C48H72N2O4+2. The van der Waals surface area contributed by atoms with Crippen molar-refractivity contribution in [2.75, 3.05) is 19.7 Å². The molecule has 5 unspecified atom stereocenters. The van der Waals surface area contributed by atoms with Gasteiger partial charge in [0.15, 0.2) is 18.6 Å². The molecule has 0 radical (unpaired) electrons. The Hall–Kier alpha value is -2.76. The number of hydrogen-bond donors (Lipinski definition) is 0. The van der Waals surface area contributed by atoms with Crippen LogP contribution in [0.25, 0.3) is 0 Å². The van der Waals surface area contributed by atoms with E-state index in [1.54, 1.807) is 0 Å². The maximum Gasteiger partial charge on any atom is 0.306 e. The zero-order valence-electron chi connectivity index (χ0n) is 34.7. The molecule has 0 spiro atoms. The molecule has 5 aliphatic carbocycles. The van der Waals surface area contributed by atoms with E-state index < -0.39 is 0 Å². The minimum absolute atomic E-state index is 0.0138. The van der Waals surface area contributed by atoms with Crippen LogP contribution in [0.1, 0.15) is 131 Å². The van der Waals surface area contributed by atoms with Crippen LogP contribution in [0.4, 0.5) is 0 Å². The Morgan fingerprint density at radius 3 is 2.33 bits per heavy atom. The summed E-state index contributed by atoms with van der Waals surface area (Å²) in [5.74, 6) is 4.03. The highest BCUT2D eigenvalue weighted by Gasteiger charge is 2.70. The lowest BCUT2D eigenvalue weighted by atomic mass is 9.32. The number of aromatic nitrogens is 1. The Labute approximate surface area is 327 Å². The molecule has 6 nitrogen and oxygen atoms in total. The first-order valence-corrected chi connectivity index (χ1v) is 22.0. The average molecular weight is 741 g/mol. The highest BCUT2D eigenvalue weighted by atomic mass is 16.5. The Morgan fingerprint density at radius 2 is 1.59 bits per heavy atom. The first-order chi connectivity index (χ1) is 25.8. The van der Waals surface area contributed by atoms with Gasteiger partial charge in [0.05, 0.1) is 19.4 Å². The van der Waals surface area contributed by atoms with Gasteiger partial charge >= 0.3 is 11.9 Å². The van der Waals surface area contributed by atoms with Crippen LogP contribution in [-0.4, -0.2) is 48.5 Å². The van der Waals surface area contributed by atoms with Gasteiger partial charge in [0, 0.05) is 36.8 Å². The third kappa shape index (κ3) is 7.19. The van der Waals surface area contributed by atoms with Crippen molar-refractivity contribution in [3.63, 3.8) is 0 Å². The minimum atomic E-state index is -0.0584. The van der Waals surface area contributed by atoms with Gasteiger partial charge in [-0.1, -0.05) is 58.9 Å². The predicted molar refractivity (Wildman–Crippen MR) is 215 cm³/mol. The van der Waals surface area contributed by atoms with Crippen molar-refractivity contribution in [2.24, 2.45) is 63.1 Å². The average Bonchev–Trinajstić information content (AvgIpc) is 3.59. The lowest BCUT2D eigenvalue weighted by molar-refractivity contribution is -0.697. The fourth-order valence-corrected chi connectivity index (χ4v) is 14.5. The van der Waals surface area contributed by atoms with Crippen LogP contribution in [0.5, 0.6) is 0 Å². The number of carbonyl (C=O) groups is 2. The van der Waals surface area contributed by atoms with Crippen LogP contribution >= 0.6 is 0 Å². The van der Waals surface area contributed by atoms with Gasteiger partial charge < -0.3 is 9.47 Å². The van der Waals surface area contributed by atoms with Gasteiger partial charge in [0.25, 0.3) is 0 Å². The third-order valence-electron chi connectivity index (χ3n) is 17.2. The lowest BCUT2D eigenvalue weighted by Crippen LogP contribution is -2.67. The van der Waals surface area contributed by atoms with Crippen molar-refractivity contribution in [3.8, 4) is 0 Å². The molecule has 1 aliphatic heterocycles. The topological polar surface area (TPSA) is 59.5 Å². The molecule has 0 bridgehead atoms. The molecular weight excluding hydrogens is 669 g/mol. The minimum Gasteiger partial charge on any atom is -0.465 e. The number of pyridine rings is 1. The SMILES string of the molecule is C=C(C)[C@@H]1CCC2C1C1CCC3[C@@]4(C)CC[C@H](OC(=O)CCC[N+]5=CC=CCC5)C(C)(C)C4CC[C@@]3(C)[C@]1(C)C[C@@H]2COC(=O)CCC[n+]1ccccc1. The van der Waals surface area contributed by atoms with Crippen LogP contribution in [0.3, 0.4) is 0 Å². The van der Waals surface area contributed by atoms with E-state index >= 15 is 0 Å². The maximum absolute atomic E-state index is 13.3. The van der Waals surface area contributed by atoms with E-state index in [2.05, 4.69) is 88.0 Å². The summed E-state index contributed by atoms with van der Waals surface area (Å²) in [7, 11) is 0. The first kappa shape index (κ1) is 39.5. The molecule has 0 saturated heterocycles. The standard InChI is InChI=1S/C48H72N2O4/c1-34(2)36-18-19-37-35(33-53-42(51)16-14-30-49-26-10-8-11-27-49)32-48(7)38(44(36)37)20-21-40-46(5)24-23-41(45(3,4)39(46)22-25-47(40,48)6)54-43(52)17-15-31-50-28-12-9-13-29-50/h8-12,26-28,35-41,44H,1,13-25,29-33H2,2-7H3/q+2/t35-,36+,37?,38?,39?,40?,41+,44?,46+,47-,48-/m1/s1. The van der Waals surface area contributed by atoms with Crippen LogP contribution in [0.15, 0.2) is 54.9 Å². The van der Waals surface area contributed by atoms with Crippen LogP contribution in [0, 0.1) is 63.1 Å². The Bertz CT molecular complexity index is 1600. The number of hydrogen-bond acceptors (Lipinski definition) is 4. The van der Waals surface area contributed by atoms with Crippen molar-refractivity contribution in [2.45, 2.75) is 144 Å². The van der Waals surface area contributed by atoms with E-state index in [0.717, 1.165) is 58.2 Å². The fourth-order valence-electron chi connectivity index (χ4n) is 14.5. The number of nitrogens with zero attached hydrogens (tertiary/aromatic N) is 2. The number of allylic oxidation sites excluding steroid dienone is 2. The van der Waals surface area contributed by atoms with Crippen molar-refractivity contribution >= 4 is 18.2 Å². The molecule has 5 fully saturated rings. The summed E-state index contributed by atoms with van der Waals surface area (Å²) in [5.41, 5.74) is 1.91. The summed E-state index contributed by atoms with van der Waals surface area (Å²) in [6.45, 7) is 23.0. The zero-order chi connectivity index (χ0) is 38.3. The van der Waals surface area contributed by atoms with E-state index in [-0.39, 0.29) is 39.7 Å². The predicted octanol–water partition coefficient (Wildman–Crippen LogP) is 9.55. The quantitative estimate of drug-likeness (QED) is 0.122. The monoisotopic (exact) mass is 741 g/mol. The fraction of sp³-hybridized carbons (Fsp3) is 0.750. The van der Waals surface area contributed by atoms with E-state index in [1.807, 2.05) is 18.2 Å². The highest BCUT2D eigenvalue weighted by Crippen LogP contribution is 2.76. The third-order valence-corrected chi connectivity index (χ3v) is 17.2. The molecule has 54 heavy (non-hydrogen) atoms. The van der Waals surface area contributed by atoms with Crippen molar-refractivity contribution < 1.29 is 28.2 Å². The van der Waals surface area contributed by atoms with Crippen LogP contribution < -0.4 is 4.57 Å². The molecule has 0 amide bonds. The second-order valence-electron chi connectivity index (χ2n) is 20.1. The number of ether oxygens (including phenoxy) is 2. The Morgan fingerprint density at radius 1 is 0.833 bits per heavy atom. The van der Waals surface area contributed by atoms with Gasteiger partial charge in [-0.25, -0.2) is 9.14 Å². The molecule has 11 atom stereocenters. The van der Waals surface area contributed by atoms with Gasteiger partial charge in [-0.3, -0.25) is 9.59 Å². The molecule has 2 heterocycles. The number of aryl methyl sites for hydroxylation is 1. The normalized spacial score (nSPS) is 39.3. The van der Waals surface area contributed by atoms with Crippen LogP contribution in [0.2, 0.25) is 0 Å². The van der Waals surface area contributed by atoms with Crippen molar-refractivity contribution in [1.82, 2.24) is 0 Å². The summed E-state index contributed by atoms with van der Waals surface area (Å²) >= 11 is 0. The first-order valence-electron chi connectivity index (χ1n) is 22.0. The Kier molecular flexibility index (Phi) is 11.4. The van der Waals surface area contributed by atoms with Gasteiger partial charge in [-0.05, 0) is 128 Å². The van der Waals surface area contributed by atoms with E-state index in [9.17, 15) is 9.59 Å². The molecule has 5 saturated carbocycles. The summed E-state index contributed by atoms with van der Waals surface area (Å²) in [6.07, 6.45) is 25.0. The molecule has 0 aromatic carbocycles. The molecule has 1 aromatic heterocycles. The van der Waals surface area contributed by atoms with E-state index in [4.69, 9.17) is 9.47 Å². The van der Waals surface area contributed by atoms with E-state index in [0.29, 0.717) is 60.9 Å². The lowest BCUT2D eigenvalue weighted by Gasteiger charge is -2.72. The van der Waals surface area contributed by atoms with Gasteiger partial charge in [0.1, 0.15) is 25.7 Å². The smallest absolute Gasteiger partial charge is 0.306 e. The van der Waals surface area contributed by atoms with Crippen molar-refractivity contribution in [3.05, 3.63) is 54.9 Å². The van der Waals surface area contributed by atoms with Gasteiger partial charge in [0.2, 0.25) is 0 Å². The number of esters is 2. The van der Waals surface area contributed by atoms with Gasteiger partial charge in [-0.15, -0.1) is 0 Å².